The summed E-state index contributed by atoms with van der Waals surface area (Å²) < 4.78 is 1.63. The monoisotopic (exact) mass is 418 g/mol. The zero-order valence-corrected chi connectivity index (χ0v) is 16.3. The number of rotatable bonds is 4. The Labute approximate surface area is 173 Å². The van der Waals surface area contributed by atoms with Crippen molar-refractivity contribution in [3.8, 4) is 39.2 Å². The zero-order chi connectivity index (χ0) is 19.6. The number of benzene rings is 1. The summed E-state index contributed by atoms with van der Waals surface area (Å²) in [5.74, 6) is 1.01. The van der Waals surface area contributed by atoms with Gasteiger partial charge in [0, 0.05) is 23.6 Å². The maximum Gasteiger partial charge on any atom is 0.190 e. The van der Waals surface area contributed by atoms with Crippen LogP contribution in [0, 0.1) is 0 Å². The van der Waals surface area contributed by atoms with Crippen molar-refractivity contribution in [2.75, 3.05) is 0 Å². The van der Waals surface area contributed by atoms with Gasteiger partial charge in [0.1, 0.15) is 5.69 Å². The number of hydrogen-bond donors (Lipinski definition) is 0. The molecule has 0 unspecified atom stereocenters. The third kappa shape index (κ3) is 3.37. The maximum atomic E-state index is 6.01. The second-order valence-electron chi connectivity index (χ2n) is 5.91. The molecule has 0 aliphatic rings. The molecule has 0 amide bonds. The summed E-state index contributed by atoms with van der Waals surface area (Å²) in [7, 11) is 0. The zero-order valence-electron chi connectivity index (χ0n) is 14.7. The lowest BCUT2D eigenvalue weighted by molar-refractivity contribution is 0.791. The molecule has 0 bridgehead atoms. The first-order chi connectivity index (χ1) is 14.3. The Balaban J connectivity index is 1.68. The van der Waals surface area contributed by atoms with Crippen LogP contribution in [-0.2, 0) is 0 Å². The Kier molecular flexibility index (Phi) is 4.51. The summed E-state index contributed by atoms with van der Waals surface area (Å²) in [5, 5.41) is 14.8. The van der Waals surface area contributed by atoms with Gasteiger partial charge in [-0.05, 0) is 46.1 Å². The predicted octanol–water partition coefficient (Wildman–Crippen LogP) is 3.96. The molecule has 29 heavy (non-hydrogen) atoms. The van der Waals surface area contributed by atoms with Crippen LogP contribution >= 0.6 is 22.9 Å². The fourth-order valence-electron chi connectivity index (χ4n) is 2.80. The first kappa shape index (κ1) is 17.5. The molecular formula is C19H11ClN8S. The first-order valence-corrected chi connectivity index (χ1v) is 9.77. The van der Waals surface area contributed by atoms with E-state index in [1.165, 1.54) is 0 Å². The molecule has 1 aromatic carbocycles. The van der Waals surface area contributed by atoms with E-state index in [0.29, 0.717) is 27.9 Å². The Morgan fingerprint density at radius 1 is 0.966 bits per heavy atom. The van der Waals surface area contributed by atoms with Gasteiger partial charge < -0.3 is 0 Å². The summed E-state index contributed by atoms with van der Waals surface area (Å²) in [6.07, 6.45) is 6.56. The molecule has 0 atom stereocenters. The molecule has 4 heterocycles. The summed E-state index contributed by atoms with van der Waals surface area (Å²) in [6, 6.07) is 11.2. The fourth-order valence-corrected chi connectivity index (χ4v) is 3.65. The van der Waals surface area contributed by atoms with Gasteiger partial charge in [-0.2, -0.15) is 4.68 Å². The normalized spacial score (nSPS) is 10.9. The van der Waals surface area contributed by atoms with E-state index in [2.05, 4.69) is 30.5 Å². The molecule has 0 spiro atoms. The Morgan fingerprint density at radius 3 is 2.62 bits per heavy atom. The average molecular weight is 419 g/mol. The van der Waals surface area contributed by atoms with Crippen LogP contribution in [0.2, 0.25) is 5.02 Å². The molecule has 5 rings (SSSR count). The molecule has 5 aromatic rings. The second-order valence-corrected chi connectivity index (χ2v) is 7.30. The van der Waals surface area contributed by atoms with E-state index < -0.39 is 0 Å². The highest BCUT2D eigenvalue weighted by atomic mass is 35.5. The molecule has 0 aliphatic heterocycles. The smallest absolute Gasteiger partial charge is 0.190 e. The van der Waals surface area contributed by atoms with Gasteiger partial charge >= 0.3 is 0 Å². The number of halogens is 1. The minimum Gasteiger partial charge on any atom is -0.261 e. The Hall–Kier alpha value is -3.56. The van der Waals surface area contributed by atoms with E-state index in [1.807, 2.05) is 29.6 Å². The van der Waals surface area contributed by atoms with Crippen molar-refractivity contribution < 1.29 is 0 Å². The van der Waals surface area contributed by atoms with Crippen LogP contribution in [-0.4, -0.2) is 40.1 Å². The fraction of sp³-hybridized carbons (Fsp3) is 0. The lowest BCUT2D eigenvalue weighted by Crippen LogP contribution is -2.03. The van der Waals surface area contributed by atoms with Crippen LogP contribution in [0.3, 0.4) is 0 Å². The topological polar surface area (TPSA) is 95.2 Å². The van der Waals surface area contributed by atoms with Crippen molar-refractivity contribution in [2.45, 2.75) is 0 Å². The van der Waals surface area contributed by atoms with Gasteiger partial charge in [0.15, 0.2) is 11.6 Å². The van der Waals surface area contributed by atoms with Crippen LogP contribution in [0.4, 0.5) is 0 Å². The minimum atomic E-state index is 0.482. The molecule has 0 saturated carbocycles. The molecule has 0 saturated heterocycles. The molecular weight excluding hydrogens is 408 g/mol. The van der Waals surface area contributed by atoms with E-state index in [-0.39, 0.29) is 0 Å². The summed E-state index contributed by atoms with van der Waals surface area (Å²) in [5.41, 5.74) is 2.80. The van der Waals surface area contributed by atoms with Gasteiger partial charge in [-0.3, -0.25) is 4.98 Å². The summed E-state index contributed by atoms with van der Waals surface area (Å²) in [4.78, 5) is 18.6. The summed E-state index contributed by atoms with van der Waals surface area (Å²) >= 11 is 7.58. The Bertz CT molecular complexity index is 1250. The van der Waals surface area contributed by atoms with Crippen molar-refractivity contribution in [3.63, 3.8) is 0 Å². The highest BCUT2D eigenvalue weighted by Gasteiger charge is 2.20. The first-order valence-electron chi connectivity index (χ1n) is 8.51. The quantitative estimate of drug-likeness (QED) is 0.436. The Morgan fingerprint density at radius 2 is 1.86 bits per heavy atom. The lowest BCUT2D eigenvalue weighted by atomic mass is 10.1. The second kappa shape index (κ2) is 7.46. The van der Waals surface area contributed by atoms with Crippen molar-refractivity contribution in [3.05, 3.63) is 71.6 Å². The van der Waals surface area contributed by atoms with E-state index in [9.17, 15) is 0 Å². The van der Waals surface area contributed by atoms with Gasteiger partial charge in [-0.25, -0.2) is 15.0 Å². The van der Waals surface area contributed by atoms with E-state index >= 15 is 0 Å². The van der Waals surface area contributed by atoms with Crippen molar-refractivity contribution in [1.82, 2.24) is 40.1 Å². The number of hydrogen-bond acceptors (Lipinski definition) is 8. The van der Waals surface area contributed by atoms with E-state index in [1.54, 1.807) is 52.9 Å². The molecule has 0 aliphatic carbocycles. The standard InChI is InChI=1S/C19H11ClN8S/c20-12-3-5-13(6-4-12)28-19(25-26-27-28)14-10-23-18(15-11-21-7-8-22-15)24-17(14)16-2-1-9-29-16/h1-11H. The predicted molar refractivity (Wildman–Crippen MR) is 110 cm³/mol. The molecule has 140 valence electrons. The largest absolute Gasteiger partial charge is 0.261 e. The number of thiophene rings is 1. The highest BCUT2D eigenvalue weighted by Crippen LogP contribution is 2.33. The van der Waals surface area contributed by atoms with Gasteiger partial charge in [-0.15, -0.1) is 16.4 Å². The molecule has 0 fully saturated rings. The number of tetrazole rings is 1. The van der Waals surface area contributed by atoms with Crippen LogP contribution in [0.25, 0.3) is 39.2 Å². The molecule has 4 aromatic heterocycles. The molecule has 0 N–H and O–H groups in total. The summed E-state index contributed by atoms with van der Waals surface area (Å²) in [6.45, 7) is 0. The highest BCUT2D eigenvalue weighted by molar-refractivity contribution is 7.13. The maximum absolute atomic E-state index is 6.01. The van der Waals surface area contributed by atoms with Gasteiger partial charge in [0.05, 0.1) is 28.0 Å². The van der Waals surface area contributed by atoms with Crippen LogP contribution < -0.4 is 0 Å². The van der Waals surface area contributed by atoms with E-state index in [0.717, 1.165) is 16.3 Å². The third-order valence-corrected chi connectivity index (χ3v) is 5.25. The number of aromatic nitrogens is 8. The van der Waals surface area contributed by atoms with Crippen molar-refractivity contribution in [1.29, 1.82) is 0 Å². The van der Waals surface area contributed by atoms with Gasteiger partial charge in [-0.1, -0.05) is 17.7 Å². The van der Waals surface area contributed by atoms with Crippen LogP contribution in [0.5, 0.6) is 0 Å². The van der Waals surface area contributed by atoms with Crippen molar-refractivity contribution in [2.24, 2.45) is 0 Å². The van der Waals surface area contributed by atoms with Crippen LogP contribution in [0.1, 0.15) is 0 Å². The number of nitrogens with zero attached hydrogens (tertiary/aromatic N) is 8. The SMILES string of the molecule is Clc1ccc(-n2nnnc2-c2cnc(-c3cnccn3)nc2-c2cccs2)cc1. The van der Waals surface area contributed by atoms with Gasteiger partial charge in [0.25, 0.3) is 0 Å². The van der Waals surface area contributed by atoms with Gasteiger partial charge in [0.2, 0.25) is 0 Å². The minimum absolute atomic E-state index is 0.482. The average Bonchev–Trinajstić information content (AvgIpc) is 3.47. The van der Waals surface area contributed by atoms with Crippen molar-refractivity contribution >= 4 is 22.9 Å². The lowest BCUT2D eigenvalue weighted by Gasteiger charge is -2.09. The van der Waals surface area contributed by atoms with Crippen LogP contribution in [0.15, 0.2) is 66.6 Å². The molecule has 8 nitrogen and oxygen atoms in total. The third-order valence-electron chi connectivity index (χ3n) is 4.12. The molecule has 0 radical (unpaired) electrons. The van der Waals surface area contributed by atoms with E-state index in [4.69, 9.17) is 16.6 Å². The molecule has 10 heteroatoms.